The minimum absolute atomic E-state index is 0.164. The van der Waals surface area contributed by atoms with E-state index >= 15 is 0 Å². The summed E-state index contributed by atoms with van der Waals surface area (Å²) in [6.45, 7) is 7.17. The molecule has 0 saturated heterocycles. The van der Waals surface area contributed by atoms with Gasteiger partial charge in [0.2, 0.25) is 0 Å². The number of hydrogen-bond donors (Lipinski definition) is 0. The molecule has 1 aromatic carbocycles. The number of ketones is 1. The third-order valence-corrected chi connectivity index (χ3v) is 3.18. The highest BCUT2D eigenvalue weighted by Crippen LogP contribution is 2.21. The zero-order chi connectivity index (χ0) is 13.6. The quantitative estimate of drug-likeness (QED) is 0.779. The fourth-order valence-corrected chi connectivity index (χ4v) is 2.13. The van der Waals surface area contributed by atoms with Crippen LogP contribution < -0.4 is 0 Å². The van der Waals surface area contributed by atoms with Crippen LogP contribution in [0.5, 0.6) is 0 Å². The third-order valence-electron chi connectivity index (χ3n) is 2.25. The molecule has 4 heteroatoms. The van der Waals surface area contributed by atoms with Crippen LogP contribution in [0.3, 0.4) is 0 Å². The predicted molar refractivity (Wildman–Crippen MR) is 69.5 cm³/mol. The monoisotopic (exact) mass is 258 g/mol. The summed E-state index contributed by atoms with van der Waals surface area (Å²) >= 11 is 0. The van der Waals surface area contributed by atoms with Crippen molar-refractivity contribution in [2.24, 2.45) is 0 Å². The smallest absolute Gasteiger partial charge is 0.160 e. The second-order valence-electron chi connectivity index (χ2n) is 3.27. The Labute approximate surface area is 105 Å². The Kier molecular flexibility index (Phi) is 6.88. The number of halogens is 1. The van der Waals surface area contributed by atoms with Crippen molar-refractivity contribution < 1.29 is 13.4 Å². The van der Waals surface area contributed by atoms with Crippen molar-refractivity contribution in [1.29, 1.82) is 0 Å². The Morgan fingerprint density at radius 2 is 1.88 bits per heavy atom. The third kappa shape index (κ3) is 3.73. The van der Waals surface area contributed by atoms with Crippen molar-refractivity contribution in [3.8, 4) is 0 Å². The van der Waals surface area contributed by atoms with E-state index in [1.807, 2.05) is 13.8 Å². The fraction of sp³-hybridized carbons (Fsp3) is 0.462. The molecule has 2 nitrogen and oxygen atoms in total. The fourth-order valence-electron chi connectivity index (χ4n) is 1.50. The lowest BCUT2D eigenvalue weighted by Gasteiger charge is -2.08. The van der Waals surface area contributed by atoms with Gasteiger partial charge in [-0.15, -0.1) is 0 Å². The lowest BCUT2D eigenvalue weighted by molar-refractivity contribution is 0.101. The molecule has 0 aliphatic carbocycles. The van der Waals surface area contributed by atoms with E-state index in [1.165, 1.54) is 19.2 Å². The highest BCUT2D eigenvalue weighted by atomic mass is 32.2. The summed E-state index contributed by atoms with van der Waals surface area (Å²) in [7, 11) is -1.36. The molecule has 0 saturated carbocycles. The molecule has 0 radical (unpaired) electrons. The maximum atomic E-state index is 13.8. The molecule has 0 heterocycles. The van der Waals surface area contributed by atoms with E-state index in [4.69, 9.17) is 0 Å². The van der Waals surface area contributed by atoms with Crippen LogP contribution in [0.4, 0.5) is 4.39 Å². The van der Waals surface area contributed by atoms with E-state index in [0.717, 1.165) is 0 Å². The molecule has 0 aromatic heterocycles. The van der Waals surface area contributed by atoms with Crippen LogP contribution in [0.25, 0.3) is 0 Å². The summed E-state index contributed by atoms with van der Waals surface area (Å²) in [6.07, 6.45) is 1.84. The molecule has 0 N–H and O–H groups in total. The zero-order valence-electron chi connectivity index (χ0n) is 11.0. The van der Waals surface area contributed by atoms with Crippen molar-refractivity contribution in [1.82, 2.24) is 0 Å². The topological polar surface area (TPSA) is 34.1 Å². The molecular weight excluding hydrogens is 239 g/mol. The first-order valence-corrected chi connectivity index (χ1v) is 7.20. The Morgan fingerprint density at radius 1 is 1.35 bits per heavy atom. The van der Waals surface area contributed by atoms with E-state index in [9.17, 15) is 13.4 Å². The summed E-state index contributed by atoms with van der Waals surface area (Å²) in [5.41, 5.74) is 0.736. The van der Waals surface area contributed by atoms with E-state index < -0.39 is 16.6 Å². The van der Waals surface area contributed by atoms with E-state index in [0.29, 0.717) is 17.5 Å². The van der Waals surface area contributed by atoms with Gasteiger partial charge in [-0.3, -0.25) is 9.00 Å². The van der Waals surface area contributed by atoms with E-state index in [2.05, 4.69) is 0 Å². The summed E-state index contributed by atoms with van der Waals surface area (Å²) in [6, 6.07) is 2.96. The normalized spacial score (nSPS) is 11.4. The molecule has 1 unspecified atom stereocenters. The van der Waals surface area contributed by atoms with Crippen LogP contribution in [-0.2, 0) is 17.2 Å². The van der Waals surface area contributed by atoms with Gasteiger partial charge in [-0.1, -0.05) is 20.8 Å². The largest absolute Gasteiger partial charge is 0.294 e. The SMILES string of the molecule is CC.CCc1c(C(C)=O)ccc(S(C)=O)c1F. The van der Waals surface area contributed by atoms with Crippen LogP contribution in [0.1, 0.15) is 43.6 Å². The number of carbonyl (C=O) groups excluding carboxylic acids is 1. The van der Waals surface area contributed by atoms with Crippen molar-refractivity contribution in [3.63, 3.8) is 0 Å². The van der Waals surface area contributed by atoms with Gasteiger partial charge in [-0.25, -0.2) is 4.39 Å². The van der Waals surface area contributed by atoms with Crippen LogP contribution in [-0.4, -0.2) is 16.2 Å². The highest BCUT2D eigenvalue weighted by Gasteiger charge is 2.16. The van der Waals surface area contributed by atoms with Gasteiger partial charge < -0.3 is 0 Å². The van der Waals surface area contributed by atoms with Gasteiger partial charge in [-0.05, 0) is 31.0 Å². The van der Waals surface area contributed by atoms with Gasteiger partial charge in [-0.2, -0.15) is 0 Å². The molecule has 0 fully saturated rings. The minimum atomic E-state index is -1.36. The molecular formula is C13H19FO2S. The molecule has 0 aliphatic heterocycles. The van der Waals surface area contributed by atoms with Crippen molar-refractivity contribution >= 4 is 16.6 Å². The van der Waals surface area contributed by atoms with E-state index in [1.54, 1.807) is 13.0 Å². The molecule has 1 rings (SSSR count). The lowest BCUT2D eigenvalue weighted by Crippen LogP contribution is -2.05. The molecule has 96 valence electrons. The van der Waals surface area contributed by atoms with Gasteiger partial charge in [0.25, 0.3) is 0 Å². The van der Waals surface area contributed by atoms with Gasteiger partial charge in [0.05, 0.1) is 15.7 Å². The average Bonchev–Trinajstić information content (AvgIpc) is 2.30. The standard InChI is InChI=1S/C11H13FO2S.C2H6/c1-4-8-9(7(2)13)5-6-10(11(8)12)15(3)14;1-2/h5-6H,4H2,1-3H3;1-2H3. The van der Waals surface area contributed by atoms with Crippen LogP contribution in [0.2, 0.25) is 0 Å². The van der Waals surface area contributed by atoms with E-state index in [-0.39, 0.29) is 10.7 Å². The average molecular weight is 258 g/mol. The second-order valence-corrected chi connectivity index (χ2v) is 4.62. The number of carbonyl (C=O) groups is 1. The Balaban J connectivity index is 0.00000121. The zero-order valence-corrected chi connectivity index (χ0v) is 11.8. The van der Waals surface area contributed by atoms with Crippen LogP contribution in [0.15, 0.2) is 17.0 Å². The first kappa shape index (κ1) is 16.0. The first-order chi connectivity index (χ1) is 7.99. The summed E-state index contributed by atoms with van der Waals surface area (Å²) in [5, 5.41) is 0. The van der Waals surface area contributed by atoms with Gasteiger partial charge >= 0.3 is 0 Å². The Morgan fingerprint density at radius 3 is 2.24 bits per heavy atom. The maximum Gasteiger partial charge on any atom is 0.160 e. The Hall–Kier alpha value is -1.03. The number of rotatable bonds is 3. The lowest BCUT2D eigenvalue weighted by atomic mass is 10.0. The summed E-state index contributed by atoms with van der Waals surface area (Å²) in [5.74, 6) is -0.676. The van der Waals surface area contributed by atoms with Crippen molar-refractivity contribution in [2.75, 3.05) is 6.26 Å². The minimum Gasteiger partial charge on any atom is -0.294 e. The second kappa shape index (κ2) is 7.33. The maximum absolute atomic E-state index is 13.8. The summed E-state index contributed by atoms with van der Waals surface area (Å²) in [4.78, 5) is 11.4. The molecule has 0 spiro atoms. The van der Waals surface area contributed by atoms with Gasteiger partial charge in [0, 0.05) is 11.8 Å². The molecule has 1 atom stereocenters. The summed E-state index contributed by atoms with van der Waals surface area (Å²) < 4.78 is 25.0. The molecule has 0 aliphatic rings. The molecule has 1 aromatic rings. The Bertz CT molecular complexity index is 428. The predicted octanol–water partition coefficient (Wildman–Crippen LogP) is 3.35. The van der Waals surface area contributed by atoms with Gasteiger partial charge in [0.15, 0.2) is 5.78 Å². The molecule has 17 heavy (non-hydrogen) atoms. The highest BCUT2D eigenvalue weighted by molar-refractivity contribution is 7.84. The van der Waals surface area contributed by atoms with Crippen molar-refractivity contribution in [3.05, 3.63) is 29.1 Å². The molecule has 0 amide bonds. The number of hydrogen-bond acceptors (Lipinski definition) is 2. The van der Waals surface area contributed by atoms with Crippen molar-refractivity contribution in [2.45, 2.75) is 39.0 Å². The first-order valence-electron chi connectivity index (χ1n) is 5.64. The number of benzene rings is 1. The van der Waals surface area contributed by atoms with Crippen LogP contribution >= 0.6 is 0 Å². The van der Waals surface area contributed by atoms with Gasteiger partial charge in [0.1, 0.15) is 5.82 Å². The number of Topliss-reactive ketones (excluding diaryl/α,β-unsaturated/α-hetero) is 1. The molecule has 0 bridgehead atoms. The van der Waals surface area contributed by atoms with Crippen LogP contribution in [0, 0.1) is 5.82 Å².